The summed E-state index contributed by atoms with van der Waals surface area (Å²) in [5, 5.41) is 11.7. The van der Waals surface area contributed by atoms with Crippen LogP contribution in [0.4, 0.5) is 0 Å². The topological polar surface area (TPSA) is 83.4 Å². The predicted octanol–water partition coefficient (Wildman–Crippen LogP) is 5.98. The SMILES string of the molecule is CCN(CC)C(=O)C1=C(C)N=c2s/c(=C/c3cc(C)n(-c4sc5c(c4C#N)CCCC5)c3C)c(=O)n2[C@H]1c1ccc(Cl)cc1. The second-order valence-corrected chi connectivity index (χ2v) is 13.8. The van der Waals surface area contributed by atoms with E-state index in [1.54, 1.807) is 32.9 Å². The number of thiazole rings is 1. The van der Waals surface area contributed by atoms with E-state index in [9.17, 15) is 14.9 Å². The van der Waals surface area contributed by atoms with E-state index in [4.69, 9.17) is 16.6 Å². The standard InChI is InChI=1S/C34H34ClN5O2S2/c1-6-38(7-2)32(42)29-20(4)37-34-40(30(29)22-12-14-24(35)15-13-22)31(41)28(44-34)17-23-16-19(3)39(21(23)5)33-26(18-36)25-10-8-9-11-27(25)43-33/h12-17,30H,6-11H2,1-5H3/b28-17+/t30-/m0/s1. The molecule has 1 aromatic carbocycles. The number of rotatable bonds is 6. The number of hydrogen-bond acceptors (Lipinski definition) is 6. The number of carbonyl (C=O) groups is 1. The number of aromatic nitrogens is 2. The fraction of sp³-hybridized carbons (Fsp3) is 0.353. The van der Waals surface area contributed by atoms with Gasteiger partial charge in [0.1, 0.15) is 11.1 Å². The van der Waals surface area contributed by atoms with Crippen molar-refractivity contribution in [2.24, 2.45) is 4.99 Å². The first-order chi connectivity index (χ1) is 21.2. The molecule has 0 radical (unpaired) electrons. The summed E-state index contributed by atoms with van der Waals surface area (Å²) in [5.41, 5.74) is 6.61. The normalized spacial score (nSPS) is 16.4. The van der Waals surface area contributed by atoms with Crippen LogP contribution < -0.4 is 14.9 Å². The number of nitriles is 1. The highest BCUT2D eigenvalue weighted by molar-refractivity contribution is 7.15. The zero-order valence-corrected chi connectivity index (χ0v) is 27.9. The van der Waals surface area contributed by atoms with Gasteiger partial charge in [-0.1, -0.05) is 35.1 Å². The summed E-state index contributed by atoms with van der Waals surface area (Å²) >= 11 is 9.27. The van der Waals surface area contributed by atoms with Crippen LogP contribution in [0.25, 0.3) is 11.1 Å². The average molecular weight is 644 g/mol. The van der Waals surface area contributed by atoms with Gasteiger partial charge in [0.25, 0.3) is 11.5 Å². The van der Waals surface area contributed by atoms with Crippen LogP contribution in [0.3, 0.4) is 0 Å². The highest BCUT2D eigenvalue weighted by atomic mass is 35.5. The number of aryl methyl sites for hydroxylation is 2. The fourth-order valence-electron chi connectivity index (χ4n) is 6.45. The van der Waals surface area contributed by atoms with Crippen LogP contribution in [0.2, 0.25) is 5.02 Å². The lowest BCUT2D eigenvalue weighted by atomic mass is 9.94. The van der Waals surface area contributed by atoms with Gasteiger partial charge in [-0.15, -0.1) is 11.3 Å². The second-order valence-electron chi connectivity index (χ2n) is 11.3. The minimum atomic E-state index is -0.623. The van der Waals surface area contributed by atoms with Crippen molar-refractivity contribution in [3.63, 3.8) is 0 Å². The van der Waals surface area contributed by atoms with Crippen molar-refractivity contribution in [2.75, 3.05) is 13.1 Å². The molecule has 226 valence electrons. The molecule has 1 aliphatic carbocycles. The number of nitrogens with zero attached hydrogens (tertiary/aromatic N) is 5. The summed E-state index contributed by atoms with van der Waals surface area (Å²) in [5.74, 6) is -0.124. The van der Waals surface area contributed by atoms with Gasteiger partial charge in [-0.3, -0.25) is 14.2 Å². The summed E-state index contributed by atoms with van der Waals surface area (Å²) in [6, 6.07) is 11.3. The van der Waals surface area contributed by atoms with E-state index in [2.05, 4.69) is 16.7 Å². The average Bonchev–Trinajstić information content (AvgIpc) is 3.62. The number of likely N-dealkylation sites (N-methyl/N-ethyl adjacent to an activating group) is 1. The molecule has 0 saturated heterocycles. The zero-order chi connectivity index (χ0) is 31.3. The van der Waals surface area contributed by atoms with Crippen LogP contribution in [-0.2, 0) is 17.6 Å². The Balaban J connectivity index is 1.51. The summed E-state index contributed by atoms with van der Waals surface area (Å²) in [4.78, 5) is 36.5. The van der Waals surface area contributed by atoms with Crippen LogP contribution in [0.15, 0.2) is 51.4 Å². The quantitative estimate of drug-likeness (QED) is 0.259. The van der Waals surface area contributed by atoms with Crippen molar-refractivity contribution >= 4 is 46.3 Å². The van der Waals surface area contributed by atoms with Crippen LogP contribution in [0.5, 0.6) is 0 Å². The minimum absolute atomic E-state index is 0.124. The Kier molecular flexibility index (Phi) is 8.27. The number of allylic oxidation sites excluding steroid dienone is 1. The maximum absolute atomic E-state index is 14.2. The molecule has 3 aromatic heterocycles. The molecule has 0 N–H and O–H groups in total. The molecule has 7 nitrogen and oxygen atoms in total. The van der Waals surface area contributed by atoms with E-state index < -0.39 is 6.04 Å². The summed E-state index contributed by atoms with van der Waals surface area (Å²) < 4.78 is 4.36. The molecule has 6 rings (SSSR count). The monoisotopic (exact) mass is 643 g/mol. The Morgan fingerprint density at radius 1 is 1.14 bits per heavy atom. The molecule has 0 bridgehead atoms. The summed E-state index contributed by atoms with van der Waals surface area (Å²) in [6.07, 6.45) is 6.18. The number of thiophene rings is 1. The Hall–Kier alpha value is -3.71. The molecule has 0 saturated carbocycles. The van der Waals surface area contributed by atoms with Crippen molar-refractivity contribution in [1.82, 2.24) is 14.0 Å². The molecule has 0 unspecified atom stereocenters. The third-order valence-electron chi connectivity index (χ3n) is 8.71. The van der Waals surface area contributed by atoms with Gasteiger partial charge in [-0.2, -0.15) is 5.26 Å². The lowest BCUT2D eigenvalue weighted by Crippen LogP contribution is -2.43. The first kappa shape index (κ1) is 30.3. The fourth-order valence-corrected chi connectivity index (χ4v) is 9.06. The van der Waals surface area contributed by atoms with Gasteiger partial charge in [0.15, 0.2) is 4.80 Å². The molecule has 0 fully saturated rings. The lowest BCUT2D eigenvalue weighted by Gasteiger charge is -2.29. The molecule has 1 aliphatic heterocycles. The van der Waals surface area contributed by atoms with E-state index in [-0.39, 0.29) is 11.5 Å². The highest BCUT2D eigenvalue weighted by Gasteiger charge is 2.34. The van der Waals surface area contributed by atoms with E-state index in [0.717, 1.165) is 58.8 Å². The second kappa shape index (κ2) is 12.0. The van der Waals surface area contributed by atoms with E-state index in [1.807, 2.05) is 52.8 Å². The molecule has 0 spiro atoms. The first-order valence-electron chi connectivity index (χ1n) is 15.0. The Morgan fingerprint density at radius 3 is 2.52 bits per heavy atom. The largest absolute Gasteiger partial charge is 0.339 e. The Bertz CT molecular complexity index is 2050. The molecule has 4 heterocycles. The summed E-state index contributed by atoms with van der Waals surface area (Å²) in [7, 11) is 0. The first-order valence-corrected chi connectivity index (χ1v) is 17.0. The third-order valence-corrected chi connectivity index (χ3v) is 11.2. The highest BCUT2D eigenvalue weighted by Crippen LogP contribution is 2.38. The maximum atomic E-state index is 14.2. The smallest absolute Gasteiger partial charge is 0.271 e. The lowest BCUT2D eigenvalue weighted by molar-refractivity contribution is -0.127. The molecule has 2 aliphatic rings. The zero-order valence-electron chi connectivity index (χ0n) is 25.5. The number of carbonyl (C=O) groups excluding carboxylic acids is 1. The minimum Gasteiger partial charge on any atom is -0.339 e. The van der Waals surface area contributed by atoms with E-state index in [1.165, 1.54) is 21.8 Å². The van der Waals surface area contributed by atoms with Crippen LogP contribution in [0.1, 0.15) is 78.2 Å². The number of halogens is 1. The number of fused-ring (bicyclic) bond motifs is 2. The molecular formula is C34H34ClN5O2S2. The van der Waals surface area contributed by atoms with Gasteiger partial charge in [-0.05, 0) is 101 Å². The van der Waals surface area contributed by atoms with Crippen molar-refractivity contribution in [2.45, 2.75) is 66.3 Å². The van der Waals surface area contributed by atoms with E-state index in [0.29, 0.717) is 38.7 Å². The van der Waals surface area contributed by atoms with Crippen molar-refractivity contribution in [3.05, 3.63) is 105 Å². The molecule has 10 heteroatoms. The molecule has 4 aromatic rings. The number of hydrogen-bond donors (Lipinski definition) is 0. The predicted molar refractivity (Wildman–Crippen MR) is 178 cm³/mol. The van der Waals surface area contributed by atoms with Crippen molar-refractivity contribution in [1.29, 1.82) is 5.26 Å². The van der Waals surface area contributed by atoms with Gasteiger partial charge in [0, 0.05) is 34.4 Å². The van der Waals surface area contributed by atoms with Crippen LogP contribution >= 0.6 is 34.3 Å². The van der Waals surface area contributed by atoms with Crippen molar-refractivity contribution in [3.8, 4) is 11.1 Å². The Morgan fingerprint density at radius 2 is 1.84 bits per heavy atom. The molecule has 44 heavy (non-hydrogen) atoms. The molecular weight excluding hydrogens is 610 g/mol. The van der Waals surface area contributed by atoms with Gasteiger partial charge in [0.2, 0.25) is 0 Å². The molecule has 1 amide bonds. The van der Waals surface area contributed by atoms with E-state index >= 15 is 0 Å². The number of benzene rings is 1. The van der Waals surface area contributed by atoms with Gasteiger partial charge in [-0.25, -0.2) is 4.99 Å². The van der Waals surface area contributed by atoms with Crippen LogP contribution in [0, 0.1) is 25.2 Å². The van der Waals surface area contributed by atoms with Crippen LogP contribution in [-0.4, -0.2) is 33.0 Å². The maximum Gasteiger partial charge on any atom is 0.271 e. The van der Waals surface area contributed by atoms with Gasteiger partial charge < -0.3 is 9.47 Å². The van der Waals surface area contributed by atoms with Gasteiger partial charge in [0.05, 0.1) is 27.4 Å². The molecule has 1 atom stereocenters. The number of amides is 1. The third kappa shape index (κ3) is 4.99. The summed E-state index contributed by atoms with van der Waals surface area (Å²) in [6.45, 7) is 10.9. The Labute approximate surface area is 269 Å². The van der Waals surface area contributed by atoms with Gasteiger partial charge >= 0.3 is 0 Å². The van der Waals surface area contributed by atoms with Crippen molar-refractivity contribution < 1.29 is 4.79 Å².